The van der Waals surface area contributed by atoms with E-state index < -0.39 is 0 Å². The lowest BCUT2D eigenvalue weighted by Gasteiger charge is -2.07. The first-order valence-corrected chi connectivity index (χ1v) is 11.4. The Morgan fingerprint density at radius 3 is 2.37 bits per heavy atom. The second-order valence-corrected chi connectivity index (χ2v) is 8.32. The summed E-state index contributed by atoms with van der Waals surface area (Å²) in [5, 5.41) is 15.7. The van der Waals surface area contributed by atoms with Crippen molar-refractivity contribution in [1.82, 2.24) is 14.8 Å². The number of anilines is 1. The zero-order valence-electron chi connectivity index (χ0n) is 20.3. The van der Waals surface area contributed by atoms with E-state index in [-0.39, 0.29) is 5.91 Å². The molecule has 0 spiro atoms. The number of benzene rings is 2. The summed E-state index contributed by atoms with van der Waals surface area (Å²) in [6.45, 7) is 4.68. The summed E-state index contributed by atoms with van der Waals surface area (Å²) >= 11 is 0. The molecule has 7 nitrogen and oxygen atoms in total. The van der Waals surface area contributed by atoms with Crippen LogP contribution >= 0.6 is 0 Å². The van der Waals surface area contributed by atoms with E-state index in [1.54, 1.807) is 10.9 Å². The number of carbonyl (C=O) groups excluding carboxylic acids is 1. The molecule has 0 aliphatic heterocycles. The largest absolute Gasteiger partial charge is 0.330 e. The number of nitrogens with zero attached hydrogens (tertiary/aromatic N) is 4. The highest BCUT2D eigenvalue weighted by molar-refractivity contribution is 5.91. The Morgan fingerprint density at radius 2 is 1.83 bits per heavy atom. The normalized spacial score (nSPS) is 11.1. The molecule has 2 aromatic carbocycles. The maximum Gasteiger partial charge on any atom is 0.229 e. The number of nitriles is 1. The van der Waals surface area contributed by atoms with Crippen molar-refractivity contribution >= 4 is 11.7 Å². The van der Waals surface area contributed by atoms with E-state index in [0.717, 1.165) is 22.4 Å². The molecular weight excluding hydrogens is 436 g/mol. The highest BCUT2D eigenvalue weighted by Crippen LogP contribution is 2.22. The van der Waals surface area contributed by atoms with Crippen molar-refractivity contribution in [3.8, 4) is 17.2 Å². The van der Waals surface area contributed by atoms with Crippen molar-refractivity contribution in [2.24, 2.45) is 12.8 Å². The van der Waals surface area contributed by atoms with E-state index in [1.165, 1.54) is 5.56 Å². The van der Waals surface area contributed by atoms with E-state index >= 15 is 0 Å². The van der Waals surface area contributed by atoms with E-state index in [4.69, 9.17) is 11.0 Å². The number of hydrogen-bond acceptors (Lipinski definition) is 5. The molecule has 1 unspecified atom stereocenters. The monoisotopic (exact) mass is 466 g/mol. The number of amides is 1. The van der Waals surface area contributed by atoms with Gasteiger partial charge in [-0.2, -0.15) is 10.4 Å². The van der Waals surface area contributed by atoms with Crippen LogP contribution in [0.1, 0.15) is 35.2 Å². The summed E-state index contributed by atoms with van der Waals surface area (Å²) in [5.41, 5.74) is 11.4. The van der Waals surface area contributed by atoms with Crippen LogP contribution in [0.4, 0.5) is 5.82 Å². The molecule has 0 radical (unpaired) electrons. The average molecular weight is 467 g/mol. The number of nitrogens with one attached hydrogen (secondary N) is 1. The van der Waals surface area contributed by atoms with Gasteiger partial charge in [0.15, 0.2) is 0 Å². The maximum atomic E-state index is 12.0. The van der Waals surface area contributed by atoms with Gasteiger partial charge in [-0.25, -0.2) is 4.98 Å². The van der Waals surface area contributed by atoms with Crippen LogP contribution in [0.3, 0.4) is 0 Å². The second-order valence-electron chi connectivity index (χ2n) is 8.32. The van der Waals surface area contributed by atoms with Gasteiger partial charge in [0, 0.05) is 30.6 Å². The second kappa shape index (κ2) is 12.3. The smallest absolute Gasteiger partial charge is 0.229 e. The van der Waals surface area contributed by atoms with E-state index in [1.807, 2.05) is 86.9 Å². The lowest BCUT2D eigenvalue weighted by molar-refractivity contribution is -0.115. The lowest BCUT2D eigenvalue weighted by atomic mass is 10.0. The van der Waals surface area contributed by atoms with Crippen molar-refractivity contribution in [3.63, 3.8) is 0 Å². The minimum Gasteiger partial charge on any atom is -0.330 e. The molecule has 2 aromatic heterocycles. The van der Waals surface area contributed by atoms with Crippen LogP contribution in [-0.4, -0.2) is 27.2 Å². The molecule has 0 saturated heterocycles. The molecule has 4 rings (SSSR count). The molecule has 1 amide bonds. The van der Waals surface area contributed by atoms with E-state index in [0.29, 0.717) is 30.3 Å². The van der Waals surface area contributed by atoms with Gasteiger partial charge in [0.25, 0.3) is 0 Å². The lowest BCUT2D eigenvalue weighted by Crippen LogP contribution is -2.15. The van der Waals surface area contributed by atoms with Crippen LogP contribution in [0.2, 0.25) is 0 Å². The molecule has 1 atom stereocenters. The Morgan fingerprint density at radius 1 is 1.11 bits per heavy atom. The van der Waals surface area contributed by atoms with Crippen molar-refractivity contribution in [2.75, 3.05) is 11.9 Å². The van der Waals surface area contributed by atoms with Crippen molar-refractivity contribution in [1.29, 1.82) is 5.26 Å². The number of nitrogens with two attached hydrogens (primary N) is 1. The Balaban J connectivity index is 0.000000241. The predicted octanol–water partition coefficient (Wildman–Crippen LogP) is 4.59. The van der Waals surface area contributed by atoms with Crippen LogP contribution in [0.15, 0.2) is 79.1 Å². The van der Waals surface area contributed by atoms with Crippen LogP contribution in [0.5, 0.6) is 0 Å². The molecule has 0 fully saturated rings. The molecule has 35 heavy (non-hydrogen) atoms. The summed E-state index contributed by atoms with van der Waals surface area (Å²) < 4.78 is 1.78. The molecular formula is C28H30N6O. The molecule has 0 bridgehead atoms. The fourth-order valence-electron chi connectivity index (χ4n) is 3.50. The number of aryl methyl sites for hydroxylation is 2. The number of hydrogen-bond donors (Lipinski definition) is 2. The van der Waals surface area contributed by atoms with E-state index in [2.05, 4.69) is 28.4 Å². The molecule has 0 aliphatic carbocycles. The van der Waals surface area contributed by atoms with Crippen LogP contribution in [0.25, 0.3) is 11.1 Å². The van der Waals surface area contributed by atoms with Gasteiger partial charge in [0.1, 0.15) is 5.82 Å². The summed E-state index contributed by atoms with van der Waals surface area (Å²) in [7, 11) is 1.89. The van der Waals surface area contributed by atoms with Gasteiger partial charge >= 0.3 is 0 Å². The highest BCUT2D eigenvalue weighted by Gasteiger charge is 2.08. The third-order valence-electron chi connectivity index (χ3n) is 5.53. The summed E-state index contributed by atoms with van der Waals surface area (Å²) in [6.07, 6.45) is 4.05. The van der Waals surface area contributed by atoms with Crippen LogP contribution in [0, 0.1) is 18.3 Å². The van der Waals surface area contributed by atoms with Gasteiger partial charge < -0.3 is 11.1 Å². The number of rotatable bonds is 6. The van der Waals surface area contributed by atoms with Gasteiger partial charge in [-0.05, 0) is 54.8 Å². The maximum absolute atomic E-state index is 12.0. The average Bonchev–Trinajstić information content (AvgIpc) is 3.22. The number of carbonyl (C=O) groups is 1. The minimum atomic E-state index is -0.0750. The molecule has 2 heterocycles. The Labute approximate surface area is 206 Å². The van der Waals surface area contributed by atoms with Crippen molar-refractivity contribution < 1.29 is 4.79 Å². The number of pyridine rings is 1. The number of aromatic nitrogens is 3. The fourth-order valence-corrected chi connectivity index (χ4v) is 3.50. The summed E-state index contributed by atoms with van der Waals surface area (Å²) in [6, 6.07) is 23.0. The Hall–Kier alpha value is -4.28. The molecule has 4 aromatic rings. The van der Waals surface area contributed by atoms with Gasteiger partial charge in [0.2, 0.25) is 5.91 Å². The standard InChI is InChI=1S/C18H18N4O.C10H12N2/c1-13-16(12-22(2)21-13)15-8-9-17(19-11-15)20-18(23)10-14-6-4-3-5-7-14;1-8(6-11)10-4-2-9(7-12)3-5-10/h3-9,11-12H,10H2,1-2H3,(H,19,20,23);2-5,8H,6,11H2,1H3. The Kier molecular flexibility index (Phi) is 8.88. The van der Waals surface area contributed by atoms with Crippen molar-refractivity contribution in [2.45, 2.75) is 26.2 Å². The zero-order valence-corrected chi connectivity index (χ0v) is 20.3. The first-order valence-electron chi connectivity index (χ1n) is 11.4. The van der Waals surface area contributed by atoms with Crippen LogP contribution in [-0.2, 0) is 18.3 Å². The predicted molar refractivity (Wildman–Crippen MR) is 139 cm³/mol. The molecule has 3 N–H and O–H groups in total. The zero-order chi connectivity index (χ0) is 25.2. The van der Waals surface area contributed by atoms with Gasteiger partial charge in [0.05, 0.1) is 23.7 Å². The van der Waals surface area contributed by atoms with Gasteiger partial charge in [-0.1, -0.05) is 49.4 Å². The molecule has 178 valence electrons. The quantitative estimate of drug-likeness (QED) is 0.432. The first-order chi connectivity index (χ1) is 16.9. The van der Waals surface area contributed by atoms with Crippen LogP contribution < -0.4 is 11.1 Å². The molecule has 0 saturated carbocycles. The third kappa shape index (κ3) is 7.36. The fraction of sp³-hybridized carbons (Fsp3) is 0.214. The molecule has 7 heteroatoms. The highest BCUT2D eigenvalue weighted by atomic mass is 16.1. The Bertz CT molecular complexity index is 1270. The SMILES string of the molecule is CC(CN)c1ccc(C#N)cc1.Cc1nn(C)cc1-c1ccc(NC(=O)Cc2ccccc2)nc1. The minimum absolute atomic E-state index is 0.0750. The van der Waals surface area contributed by atoms with Gasteiger partial charge in [-0.3, -0.25) is 9.48 Å². The van der Waals surface area contributed by atoms with E-state index in [9.17, 15) is 4.79 Å². The summed E-state index contributed by atoms with van der Waals surface area (Å²) in [4.78, 5) is 16.3. The van der Waals surface area contributed by atoms with Gasteiger partial charge in [-0.15, -0.1) is 0 Å². The topological polar surface area (TPSA) is 110 Å². The third-order valence-corrected chi connectivity index (χ3v) is 5.53. The van der Waals surface area contributed by atoms with Crippen molar-refractivity contribution in [3.05, 3.63) is 102 Å². The molecule has 0 aliphatic rings. The summed E-state index contributed by atoms with van der Waals surface area (Å²) in [5.74, 6) is 0.850. The first kappa shape index (κ1) is 25.3.